The Morgan fingerprint density at radius 3 is 3.12 bits per heavy atom. The van der Waals surface area contributed by atoms with E-state index in [1.54, 1.807) is 0 Å². The van der Waals surface area contributed by atoms with Crippen molar-refractivity contribution in [3.8, 4) is 5.75 Å². The van der Waals surface area contributed by atoms with E-state index in [4.69, 9.17) is 4.74 Å². The summed E-state index contributed by atoms with van der Waals surface area (Å²) in [6.45, 7) is 2.90. The third-order valence-electron chi connectivity index (χ3n) is 3.15. The van der Waals surface area contributed by atoms with Gasteiger partial charge in [0, 0.05) is 17.1 Å². The Bertz CT molecular complexity index is 359. The molecule has 0 bridgehead atoms. The van der Waals surface area contributed by atoms with Crippen molar-refractivity contribution in [3.63, 3.8) is 0 Å². The van der Waals surface area contributed by atoms with Crippen molar-refractivity contribution in [1.82, 2.24) is 4.90 Å². The van der Waals surface area contributed by atoms with Crippen LogP contribution in [0.1, 0.15) is 12.8 Å². The molecule has 1 heterocycles. The molecule has 1 aliphatic heterocycles. The van der Waals surface area contributed by atoms with Crippen molar-refractivity contribution in [2.45, 2.75) is 18.9 Å². The van der Waals surface area contributed by atoms with Gasteiger partial charge in [0.05, 0.1) is 6.61 Å². The van der Waals surface area contributed by atoms with Crippen LogP contribution in [0.5, 0.6) is 5.75 Å². The molecular weight excluding hydrogens is 282 g/mol. The largest absolute Gasteiger partial charge is 0.492 e. The van der Waals surface area contributed by atoms with Gasteiger partial charge in [-0.25, -0.2) is 0 Å². The Hall–Kier alpha value is -0.580. The Morgan fingerprint density at radius 1 is 1.47 bits per heavy atom. The smallest absolute Gasteiger partial charge is 0.120 e. The molecule has 2 rings (SSSR count). The second kappa shape index (κ2) is 6.38. The van der Waals surface area contributed by atoms with Crippen molar-refractivity contribution in [3.05, 3.63) is 28.7 Å². The third-order valence-corrected chi connectivity index (χ3v) is 3.65. The van der Waals surface area contributed by atoms with E-state index in [2.05, 4.69) is 20.8 Å². The molecule has 0 amide bonds. The minimum Gasteiger partial charge on any atom is -0.492 e. The summed E-state index contributed by atoms with van der Waals surface area (Å²) in [5.74, 6) is 0.888. The van der Waals surface area contributed by atoms with E-state index in [-0.39, 0.29) is 6.61 Å². The average molecular weight is 300 g/mol. The van der Waals surface area contributed by atoms with Crippen LogP contribution in [-0.2, 0) is 0 Å². The summed E-state index contributed by atoms with van der Waals surface area (Å²) in [7, 11) is 0. The monoisotopic (exact) mass is 299 g/mol. The van der Waals surface area contributed by atoms with E-state index in [0.717, 1.165) is 29.7 Å². The maximum absolute atomic E-state index is 9.20. The number of aliphatic hydroxyl groups excluding tert-OH is 1. The summed E-state index contributed by atoms with van der Waals surface area (Å²) in [6.07, 6.45) is 2.29. The van der Waals surface area contributed by atoms with Gasteiger partial charge in [-0.1, -0.05) is 22.0 Å². The van der Waals surface area contributed by atoms with Crippen LogP contribution in [0.15, 0.2) is 28.7 Å². The first-order chi connectivity index (χ1) is 8.29. The molecule has 0 radical (unpaired) electrons. The number of ether oxygens (including phenoxy) is 1. The molecule has 0 unspecified atom stereocenters. The second-order valence-electron chi connectivity index (χ2n) is 4.32. The molecule has 1 fully saturated rings. The van der Waals surface area contributed by atoms with Gasteiger partial charge in [-0.3, -0.25) is 4.90 Å². The molecule has 17 heavy (non-hydrogen) atoms. The molecule has 0 spiro atoms. The fraction of sp³-hybridized carbons (Fsp3) is 0.538. The topological polar surface area (TPSA) is 32.7 Å². The normalized spacial score (nSPS) is 20.7. The molecule has 0 aromatic heterocycles. The molecule has 1 saturated heterocycles. The lowest BCUT2D eigenvalue weighted by Crippen LogP contribution is -2.35. The highest BCUT2D eigenvalue weighted by Crippen LogP contribution is 2.19. The van der Waals surface area contributed by atoms with Crippen molar-refractivity contribution in [2.75, 3.05) is 26.3 Å². The lowest BCUT2D eigenvalue weighted by atomic mass is 10.2. The van der Waals surface area contributed by atoms with Crippen molar-refractivity contribution < 1.29 is 9.84 Å². The van der Waals surface area contributed by atoms with Gasteiger partial charge in [-0.2, -0.15) is 0 Å². The maximum atomic E-state index is 9.20. The van der Waals surface area contributed by atoms with Gasteiger partial charge in [0.25, 0.3) is 0 Å². The average Bonchev–Trinajstić information content (AvgIpc) is 2.77. The summed E-state index contributed by atoms with van der Waals surface area (Å²) in [6, 6.07) is 8.20. The molecule has 1 aliphatic rings. The summed E-state index contributed by atoms with van der Waals surface area (Å²) < 4.78 is 6.72. The maximum Gasteiger partial charge on any atom is 0.120 e. The zero-order valence-electron chi connectivity index (χ0n) is 9.81. The molecule has 1 N–H and O–H groups in total. The number of benzene rings is 1. The Labute approximate surface area is 111 Å². The van der Waals surface area contributed by atoms with Crippen LogP contribution < -0.4 is 4.74 Å². The second-order valence-corrected chi connectivity index (χ2v) is 5.24. The van der Waals surface area contributed by atoms with Crippen LogP contribution in [0.2, 0.25) is 0 Å². The number of hydrogen-bond donors (Lipinski definition) is 1. The SMILES string of the molecule is OC[C@H]1CCCN1CCOc1cccc(Br)c1. The van der Waals surface area contributed by atoms with E-state index in [1.807, 2.05) is 24.3 Å². The van der Waals surface area contributed by atoms with Gasteiger partial charge in [-0.05, 0) is 37.6 Å². The highest BCUT2D eigenvalue weighted by Gasteiger charge is 2.22. The van der Waals surface area contributed by atoms with E-state index < -0.39 is 0 Å². The first-order valence-corrected chi connectivity index (χ1v) is 6.82. The van der Waals surface area contributed by atoms with Gasteiger partial charge >= 0.3 is 0 Å². The molecule has 1 atom stereocenters. The quantitative estimate of drug-likeness (QED) is 0.905. The predicted molar refractivity (Wildman–Crippen MR) is 71.3 cm³/mol. The van der Waals surface area contributed by atoms with Crippen molar-refractivity contribution in [1.29, 1.82) is 0 Å². The highest BCUT2D eigenvalue weighted by atomic mass is 79.9. The van der Waals surface area contributed by atoms with E-state index in [1.165, 1.54) is 6.42 Å². The fourth-order valence-corrected chi connectivity index (χ4v) is 2.61. The Kier molecular flexibility index (Phi) is 4.83. The number of rotatable bonds is 5. The van der Waals surface area contributed by atoms with Crippen molar-refractivity contribution in [2.24, 2.45) is 0 Å². The number of nitrogens with zero attached hydrogens (tertiary/aromatic N) is 1. The summed E-state index contributed by atoms with van der Waals surface area (Å²) in [4.78, 5) is 2.30. The van der Waals surface area contributed by atoms with Crippen molar-refractivity contribution >= 4 is 15.9 Å². The zero-order chi connectivity index (χ0) is 12.1. The van der Waals surface area contributed by atoms with Crippen LogP contribution in [0.3, 0.4) is 0 Å². The molecule has 0 saturated carbocycles. The van der Waals surface area contributed by atoms with E-state index >= 15 is 0 Å². The Morgan fingerprint density at radius 2 is 2.35 bits per heavy atom. The highest BCUT2D eigenvalue weighted by molar-refractivity contribution is 9.10. The van der Waals surface area contributed by atoms with Crippen LogP contribution in [0.4, 0.5) is 0 Å². The molecule has 0 aliphatic carbocycles. The van der Waals surface area contributed by atoms with Crippen LogP contribution >= 0.6 is 15.9 Å². The van der Waals surface area contributed by atoms with Gasteiger partial charge in [0.2, 0.25) is 0 Å². The standard InChI is InChI=1S/C13H18BrNO2/c14-11-3-1-5-13(9-11)17-8-7-15-6-2-4-12(15)10-16/h1,3,5,9,12,16H,2,4,6-8,10H2/t12-/m1/s1. The van der Waals surface area contributed by atoms with E-state index in [9.17, 15) is 5.11 Å². The first kappa shape index (κ1) is 12.9. The van der Waals surface area contributed by atoms with Crippen LogP contribution in [0, 0.1) is 0 Å². The lowest BCUT2D eigenvalue weighted by Gasteiger charge is -2.22. The predicted octanol–water partition coefficient (Wildman–Crippen LogP) is 2.28. The van der Waals surface area contributed by atoms with Crippen LogP contribution in [0.25, 0.3) is 0 Å². The van der Waals surface area contributed by atoms with Gasteiger partial charge < -0.3 is 9.84 Å². The molecular formula is C13H18BrNO2. The van der Waals surface area contributed by atoms with Gasteiger partial charge in [0.1, 0.15) is 12.4 Å². The lowest BCUT2D eigenvalue weighted by molar-refractivity contribution is 0.139. The fourth-order valence-electron chi connectivity index (χ4n) is 2.23. The molecule has 1 aromatic carbocycles. The Balaban J connectivity index is 1.76. The number of halogens is 1. The summed E-state index contributed by atoms with van der Waals surface area (Å²) in [5.41, 5.74) is 0. The molecule has 1 aromatic rings. The third kappa shape index (κ3) is 3.69. The molecule has 4 heteroatoms. The molecule has 94 valence electrons. The minimum atomic E-state index is 0.261. The molecule has 3 nitrogen and oxygen atoms in total. The summed E-state index contributed by atoms with van der Waals surface area (Å²) >= 11 is 3.42. The van der Waals surface area contributed by atoms with E-state index in [0.29, 0.717) is 12.6 Å². The van der Waals surface area contributed by atoms with Gasteiger partial charge in [0.15, 0.2) is 0 Å². The van der Waals surface area contributed by atoms with Crippen LogP contribution in [-0.4, -0.2) is 42.4 Å². The number of likely N-dealkylation sites (tertiary alicyclic amines) is 1. The first-order valence-electron chi connectivity index (χ1n) is 6.03. The summed E-state index contributed by atoms with van der Waals surface area (Å²) in [5, 5.41) is 9.20. The number of hydrogen-bond acceptors (Lipinski definition) is 3. The number of aliphatic hydroxyl groups is 1. The van der Waals surface area contributed by atoms with Gasteiger partial charge in [-0.15, -0.1) is 0 Å². The zero-order valence-corrected chi connectivity index (χ0v) is 11.4. The minimum absolute atomic E-state index is 0.261.